The van der Waals surface area contributed by atoms with Crippen molar-refractivity contribution in [1.82, 2.24) is 15.0 Å². The van der Waals surface area contributed by atoms with Crippen molar-refractivity contribution in [2.24, 2.45) is 0 Å². The summed E-state index contributed by atoms with van der Waals surface area (Å²) in [7, 11) is 0. The van der Waals surface area contributed by atoms with E-state index in [4.69, 9.17) is 9.84 Å². The first-order valence-corrected chi connectivity index (χ1v) is 6.47. The predicted octanol–water partition coefficient (Wildman–Crippen LogP) is 1.93. The maximum Gasteiger partial charge on any atom is 0.358 e. The van der Waals surface area contributed by atoms with Crippen LogP contribution >= 0.6 is 0 Å². The first kappa shape index (κ1) is 14.0. The highest BCUT2D eigenvalue weighted by Crippen LogP contribution is 2.12. The van der Waals surface area contributed by atoms with Gasteiger partial charge in [-0.05, 0) is 25.5 Å². The monoisotopic (exact) mass is 275 g/mol. The fraction of sp³-hybridized carbons (Fsp3) is 0.357. The summed E-state index contributed by atoms with van der Waals surface area (Å²) in [5, 5.41) is 16.5. The number of aromatic carboxylic acids is 1. The van der Waals surface area contributed by atoms with Crippen molar-refractivity contribution >= 4 is 5.97 Å². The van der Waals surface area contributed by atoms with E-state index >= 15 is 0 Å². The standard InChI is InChI=1S/C14H17N3O3/c1-3-12-13(14(18)19)15-16-17(12)8-9-20-11-6-4-10(2)5-7-11/h4-7H,3,8-9H2,1-2H3,(H,18,19). The predicted molar refractivity (Wildman–Crippen MR) is 73.0 cm³/mol. The molecule has 2 rings (SSSR count). The van der Waals surface area contributed by atoms with Crippen LogP contribution in [0.1, 0.15) is 28.7 Å². The van der Waals surface area contributed by atoms with Crippen LogP contribution in [-0.2, 0) is 13.0 Å². The van der Waals surface area contributed by atoms with Gasteiger partial charge in [0.2, 0.25) is 0 Å². The number of carboxylic acid groups (broad SMARTS) is 1. The van der Waals surface area contributed by atoms with Crippen LogP contribution < -0.4 is 4.74 Å². The third-order valence-electron chi connectivity index (χ3n) is 2.97. The van der Waals surface area contributed by atoms with Crippen molar-refractivity contribution < 1.29 is 14.6 Å². The van der Waals surface area contributed by atoms with Crippen LogP contribution in [-0.4, -0.2) is 32.7 Å². The Kier molecular flexibility index (Phi) is 4.34. The minimum absolute atomic E-state index is 0.0165. The van der Waals surface area contributed by atoms with Crippen LogP contribution in [0.25, 0.3) is 0 Å². The molecule has 1 aromatic carbocycles. The van der Waals surface area contributed by atoms with E-state index in [1.54, 1.807) is 4.68 Å². The molecule has 2 aromatic rings. The van der Waals surface area contributed by atoms with Gasteiger partial charge < -0.3 is 9.84 Å². The minimum atomic E-state index is -1.05. The van der Waals surface area contributed by atoms with Crippen LogP contribution in [0, 0.1) is 6.92 Å². The number of aromatic nitrogens is 3. The Hall–Kier alpha value is -2.37. The lowest BCUT2D eigenvalue weighted by molar-refractivity contribution is 0.0689. The Morgan fingerprint density at radius 3 is 2.65 bits per heavy atom. The lowest BCUT2D eigenvalue weighted by Gasteiger charge is -2.08. The zero-order valence-electron chi connectivity index (χ0n) is 11.5. The van der Waals surface area contributed by atoms with E-state index in [1.165, 1.54) is 5.56 Å². The SMILES string of the molecule is CCc1c(C(=O)O)nnn1CCOc1ccc(C)cc1. The Balaban J connectivity index is 1.97. The van der Waals surface area contributed by atoms with Crippen LogP contribution in [0.2, 0.25) is 0 Å². The van der Waals surface area contributed by atoms with Crippen LogP contribution in [0.15, 0.2) is 24.3 Å². The zero-order valence-corrected chi connectivity index (χ0v) is 11.5. The molecule has 0 saturated carbocycles. The van der Waals surface area contributed by atoms with Crippen molar-refractivity contribution in [2.75, 3.05) is 6.61 Å². The minimum Gasteiger partial charge on any atom is -0.492 e. The van der Waals surface area contributed by atoms with E-state index < -0.39 is 5.97 Å². The fourth-order valence-corrected chi connectivity index (χ4v) is 1.91. The molecule has 0 spiro atoms. The van der Waals surface area contributed by atoms with Crippen molar-refractivity contribution in [3.8, 4) is 5.75 Å². The smallest absolute Gasteiger partial charge is 0.358 e. The highest BCUT2D eigenvalue weighted by Gasteiger charge is 2.16. The molecular weight excluding hydrogens is 258 g/mol. The third-order valence-corrected chi connectivity index (χ3v) is 2.97. The molecule has 1 N–H and O–H groups in total. The van der Waals surface area contributed by atoms with E-state index in [0.29, 0.717) is 25.3 Å². The molecule has 0 aliphatic heterocycles. The lowest BCUT2D eigenvalue weighted by Crippen LogP contribution is -2.13. The molecule has 0 amide bonds. The van der Waals surface area contributed by atoms with Crippen LogP contribution in [0.4, 0.5) is 0 Å². The Labute approximate surface area is 117 Å². The number of carboxylic acids is 1. The zero-order chi connectivity index (χ0) is 14.5. The maximum absolute atomic E-state index is 11.0. The van der Waals surface area contributed by atoms with Crippen molar-refractivity contribution in [2.45, 2.75) is 26.8 Å². The summed E-state index contributed by atoms with van der Waals surface area (Å²) < 4.78 is 7.18. The number of nitrogens with zero attached hydrogens (tertiary/aromatic N) is 3. The molecule has 20 heavy (non-hydrogen) atoms. The Morgan fingerprint density at radius 2 is 2.05 bits per heavy atom. The lowest BCUT2D eigenvalue weighted by atomic mass is 10.2. The molecular formula is C14H17N3O3. The molecule has 0 aliphatic carbocycles. The number of hydrogen-bond donors (Lipinski definition) is 1. The highest BCUT2D eigenvalue weighted by atomic mass is 16.5. The molecule has 0 aliphatic rings. The molecule has 6 nitrogen and oxygen atoms in total. The first-order valence-electron chi connectivity index (χ1n) is 6.47. The van der Waals surface area contributed by atoms with Gasteiger partial charge in [0, 0.05) is 0 Å². The maximum atomic E-state index is 11.0. The largest absolute Gasteiger partial charge is 0.492 e. The average Bonchev–Trinajstić information content (AvgIpc) is 2.84. The van der Waals surface area contributed by atoms with E-state index in [2.05, 4.69) is 10.3 Å². The molecule has 0 atom stereocenters. The van der Waals surface area contributed by atoms with Crippen molar-refractivity contribution in [3.05, 3.63) is 41.2 Å². The summed E-state index contributed by atoms with van der Waals surface area (Å²) in [4.78, 5) is 11.0. The van der Waals surface area contributed by atoms with Gasteiger partial charge in [0.05, 0.1) is 12.2 Å². The first-order chi connectivity index (χ1) is 9.61. The molecule has 0 saturated heterocycles. The number of benzene rings is 1. The molecule has 0 bridgehead atoms. The van der Waals surface area contributed by atoms with E-state index in [-0.39, 0.29) is 5.69 Å². The summed E-state index contributed by atoms with van der Waals surface area (Å²) in [5.74, 6) is -0.264. The molecule has 0 fully saturated rings. The topological polar surface area (TPSA) is 77.2 Å². The van der Waals surface area contributed by atoms with Gasteiger partial charge in [-0.1, -0.05) is 29.8 Å². The van der Waals surface area contributed by atoms with E-state index in [9.17, 15) is 4.79 Å². The molecule has 0 unspecified atom stereocenters. The van der Waals surface area contributed by atoms with Crippen LogP contribution in [0.5, 0.6) is 5.75 Å². The van der Waals surface area contributed by atoms with E-state index in [0.717, 1.165) is 5.75 Å². The van der Waals surface area contributed by atoms with Gasteiger partial charge in [0.1, 0.15) is 12.4 Å². The van der Waals surface area contributed by atoms with Gasteiger partial charge in [-0.25, -0.2) is 9.48 Å². The second-order valence-corrected chi connectivity index (χ2v) is 4.43. The van der Waals surface area contributed by atoms with Gasteiger partial charge in [0.25, 0.3) is 0 Å². The van der Waals surface area contributed by atoms with Crippen LogP contribution in [0.3, 0.4) is 0 Å². The summed E-state index contributed by atoms with van der Waals surface area (Å²) in [6, 6.07) is 7.76. The van der Waals surface area contributed by atoms with Gasteiger partial charge in [-0.2, -0.15) is 0 Å². The van der Waals surface area contributed by atoms with Gasteiger partial charge in [0.15, 0.2) is 5.69 Å². The summed E-state index contributed by atoms with van der Waals surface area (Å²) in [6.07, 6.45) is 0.569. The van der Waals surface area contributed by atoms with Gasteiger partial charge in [-0.15, -0.1) is 5.10 Å². The molecule has 1 heterocycles. The fourth-order valence-electron chi connectivity index (χ4n) is 1.91. The second kappa shape index (κ2) is 6.18. The highest BCUT2D eigenvalue weighted by molar-refractivity contribution is 5.86. The van der Waals surface area contributed by atoms with Crippen molar-refractivity contribution in [1.29, 1.82) is 0 Å². The average molecular weight is 275 g/mol. The quantitative estimate of drug-likeness (QED) is 0.871. The number of rotatable bonds is 6. The van der Waals surface area contributed by atoms with Crippen molar-refractivity contribution in [3.63, 3.8) is 0 Å². The summed E-state index contributed by atoms with van der Waals surface area (Å²) in [5.41, 5.74) is 1.81. The van der Waals surface area contributed by atoms with Gasteiger partial charge >= 0.3 is 5.97 Å². The Bertz CT molecular complexity index is 590. The number of aryl methyl sites for hydroxylation is 1. The Morgan fingerprint density at radius 1 is 1.35 bits per heavy atom. The third kappa shape index (κ3) is 3.14. The molecule has 1 aromatic heterocycles. The summed E-state index contributed by atoms with van der Waals surface area (Å²) >= 11 is 0. The second-order valence-electron chi connectivity index (χ2n) is 4.43. The summed E-state index contributed by atoms with van der Waals surface area (Å²) in [6.45, 7) is 4.78. The molecule has 0 radical (unpaired) electrons. The van der Waals surface area contributed by atoms with E-state index in [1.807, 2.05) is 38.1 Å². The number of hydrogen-bond acceptors (Lipinski definition) is 4. The van der Waals surface area contributed by atoms with Gasteiger partial charge in [-0.3, -0.25) is 0 Å². The normalized spacial score (nSPS) is 10.5. The molecule has 106 valence electrons. The number of carbonyl (C=O) groups is 1. The molecule has 6 heteroatoms. The number of ether oxygens (including phenoxy) is 1.